The Balaban J connectivity index is 1.39. The number of carbonyl (C=O) groups excluding carboxylic acids is 1. The van der Waals surface area contributed by atoms with Gasteiger partial charge in [0, 0.05) is 24.6 Å². The van der Waals surface area contributed by atoms with Gasteiger partial charge in [0.15, 0.2) is 0 Å². The van der Waals surface area contributed by atoms with Gasteiger partial charge < -0.3 is 19.3 Å². The highest BCUT2D eigenvalue weighted by molar-refractivity contribution is 5.96. The Morgan fingerprint density at radius 2 is 1.83 bits per heavy atom. The lowest BCUT2D eigenvalue weighted by atomic mass is 10.1. The van der Waals surface area contributed by atoms with Crippen molar-refractivity contribution < 1.29 is 19.0 Å². The lowest BCUT2D eigenvalue weighted by Crippen LogP contribution is -2.26. The van der Waals surface area contributed by atoms with E-state index in [4.69, 9.17) is 9.72 Å². The van der Waals surface area contributed by atoms with Crippen LogP contribution in [-0.2, 0) is 11.3 Å². The SMILES string of the molecule is Cc1cccc(C)c1OC[C@H](O)Cn1c([C@@H]2CC(=O)N(c3cccc(F)c3)C2)nc2ccccc21. The molecule has 1 saturated heterocycles. The summed E-state index contributed by atoms with van der Waals surface area (Å²) in [6.45, 7) is 4.79. The second-order valence-electron chi connectivity index (χ2n) is 9.14. The molecule has 1 aliphatic rings. The van der Waals surface area contributed by atoms with Crippen LogP contribution in [0.15, 0.2) is 66.7 Å². The Labute approximate surface area is 203 Å². The number of hydrogen-bond donors (Lipinski definition) is 1. The van der Waals surface area contributed by atoms with Crippen LogP contribution in [0.25, 0.3) is 11.0 Å². The van der Waals surface area contributed by atoms with E-state index >= 15 is 0 Å². The van der Waals surface area contributed by atoms with Gasteiger partial charge >= 0.3 is 0 Å². The summed E-state index contributed by atoms with van der Waals surface area (Å²) in [6.07, 6.45) is -0.503. The van der Waals surface area contributed by atoms with E-state index in [9.17, 15) is 14.3 Å². The van der Waals surface area contributed by atoms with Crippen LogP contribution in [0.5, 0.6) is 5.75 Å². The van der Waals surface area contributed by atoms with Gasteiger partial charge in [-0.15, -0.1) is 0 Å². The van der Waals surface area contributed by atoms with Crippen molar-refractivity contribution in [1.82, 2.24) is 9.55 Å². The highest BCUT2D eigenvalue weighted by Gasteiger charge is 2.35. The number of aliphatic hydroxyl groups excluding tert-OH is 1. The normalized spacial score (nSPS) is 16.7. The van der Waals surface area contributed by atoms with E-state index in [1.165, 1.54) is 12.1 Å². The van der Waals surface area contributed by atoms with Gasteiger partial charge in [-0.3, -0.25) is 4.79 Å². The van der Waals surface area contributed by atoms with Gasteiger partial charge in [0.1, 0.15) is 30.1 Å². The minimum Gasteiger partial charge on any atom is -0.490 e. The smallest absolute Gasteiger partial charge is 0.227 e. The maximum Gasteiger partial charge on any atom is 0.227 e. The van der Waals surface area contributed by atoms with E-state index in [-0.39, 0.29) is 37.2 Å². The number of imidazole rings is 1. The quantitative estimate of drug-likeness (QED) is 0.421. The molecule has 1 amide bonds. The zero-order valence-electron chi connectivity index (χ0n) is 19.8. The first-order valence-corrected chi connectivity index (χ1v) is 11.8. The number of aromatic nitrogens is 2. The molecule has 6 nitrogen and oxygen atoms in total. The summed E-state index contributed by atoms with van der Waals surface area (Å²) in [6, 6.07) is 19.8. The maximum absolute atomic E-state index is 13.8. The lowest BCUT2D eigenvalue weighted by Gasteiger charge is -2.20. The fourth-order valence-electron chi connectivity index (χ4n) is 4.84. The zero-order chi connectivity index (χ0) is 24.5. The highest BCUT2D eigenvalue weighted by atomic mass is 19.1. The molecule has 7 heteroatoms. The average molecular weight is 474 g/mol. The second kappa shape index (κ2) is 9.50. The van der Waals surface area contributed by atoms with E-state index in [1.54, 1.807) is 17.0 Å². The van der Waals surface area contributed by atoms with Crippen LogP contribution >= 0.6 is 0 Å². The van der Waals surface area contributed by atoms with E-state index in [0.29, 0.717) is 12.2 Å². The second-order valence-corrected chi connectivity index (χ2v) is 9.14. The standard InChI is InChI=1S/C28H28FN3O3/c1-18-7-5-8-19(2)27(18)35-17-23(33)16-32-25-12-4-3-11-24(25)30-28(32)20-13-26(34)31(15-20)22-10-6-9-21(29)14-22/h3-12,14,20,23,33H,13,15-17H2,1-2H3/t20-,23-/m1/s1. The van der Waals surface area contributed by atoms with Crippen molar-refractivity contribution in [2.45, 2.75) is 38.8 Å². The number of para-hydroxylation sites is 3. The molecule has 1 N–H and O–H groups in total. The van der Waals surface area contributed by atoms with Crippen molar-refractivity contribution >= 4 is 22.6 Å². The molecule has 35 heavy (non-hydrogen) atoms. The molecular formula is C28H28FN3O3. The molecule has 0 radical (unpaired) electrons. The average Bonchev–Trinajstić information content (AvgIpc) is 3.39. The molecule has 0 bridgehead atoms. The lowest BCUT2D eigenvalue weighted by molar-refractivity contribution is -0.117. The predicted octanol–water partition coefficient (Wildman–Crippen LogP) is 4.75. The molecule has 1 fully saturated rings. The first kappa shape index (κ1) is 23.1. The Hall–Kier alpha value is -3.71. The number of halogens is 1. The number of anilines is 1. The first-order chi connectivity index (χ1) is 16.9. The van der Waals surface area contributed by atoms with Gasteiger partial charge in [-0.2, -0.15) is 0 Å². The van der Waals surface area contributed by atoms with Crippen LogP contribution in [0.4, 0.5) is 10.1 Å². The predicted molar refractivity (Wildman–Crippen MR) is 133 cm³/mol. The molecule has 5 rings (SSSR count). The molecule has 180 valence electrons. The molecule has 0 aliphatic carbocycles. The van der Waals surface area contributed by atoms with Crippen molar-refractivity contribution in [1.29, 1.82) is 0 Å². The minimum absolute atomic E-state index is 0.0712. The van der Waals surface area contributed by atoms with Crippen LogP contribution in [0, 0.1) is 19.7 Å². The Kier molecular flexibility index (Phi) is 6.26. The Morgan fingerprint density at radius 1 is 1.09 bits per heavy atom. The monoisotopic (exact) mass is 473 g/mol. The molecule has 2 heterocycles. The highest BCUT2D eigenvalue weighted by Crippen LogP contribution is 2.33. The summed E-state index contributed by atoms with van der Waals surface area (Å²) in [5, 5.41) is 10.9. The van der Waals surface area contributed by atoms with Crippen molar-refractivity contribution in [2.75, 3.05) is 18.1 Å². The van der Waals surface area contributed by atoms with Gasteiger partial charge in [0.25, 0.3) is 0 Å². The van der Waals surface area contributed by atoms with Crippen LogP contribution in [0.3, 0.4) is 0 Å². The number of aryl methyl sites for hydroxylation is 2. The number of carbonyl (C=O) groups is 1. The van der Waals surface area contributed by atoms with Crippen molar-refractivity contribution in [3.63, 3.8) is 0 Å². The van der Waals surface area contributed by atoms with Gasteiger partial charge in [0.05, 0.1) is 17.6 Å². The largest absolute Gasteiger partial charge is 0.490 e. The molecule has 1 aliphatic heterocycles. The number of amides is 1. The number of fused-ring (bicyclic) bond motifs is 1. The summed E-state index contributed by atoms with van der Waals surface area (Å²) in [5.74, 6) is 0.903. The number of nitrogens with zero attached hydrogens (tertiary/aromatic N) is 3. The van der Waals surface area contributed by atoms with Crippen LogP contribution < -0.4 is 9.64 Å². The molecule has 3 aromatic carbocycles. The summed E-state index contributed by atoms with van der Waals surface area (Å²) in [7, 11) is 0. The zero-order valence-corrected chi connectivity index (χ0v) is 19.8. The van der Waals surface area contributed by atoms with Crippen LogP contribution in [0.2, 0.25) is 0 Å². The Morgan fingerprint density at radius 3 is 2.60 bits per heavy atom. The van der Waals surface area contributed by atoms with E-state index in [1.807, 2.05) is 60.9 Å². The maximum atomic E-state index is 13.8. The van der Waals surface area contributed by atoms with E-state index < -0.39 is 6.10 Å². The van der Waals surface area contributed by atoms with Gasteiger partial charge in [0.2, 0.25) is 5.91 Å². The van der Waals surface area contributed by atoms with Gasteiger partial charge in [-0.1, -0.05) is 36.4 Å². The van der Waals surface area contributed by atoms with Crippen molar-refractivity contribution in [2.24, 2.45) is 0 Å². The molecule has 4 aromatic rings. The number of hydrogen-bond acceptors (Lipinski definition) is 4. The van der Waals surface area contributed by atoms with Gasteiger partial charge in [-0.25, -0.2) is 9.37 Å². The number of ether oxygens (including phenoxy) is 1. The summed E-state index contributed by atoms with van der Waals surface area (Å²) in [5.41, 5.74) is 4.29. The molecule has 0 saturated carbocycles. The third kappa shape index (κ3) is 4.64. The number of benzene rings is 3. The van der Waals surface area contributed by atoms with Crippen molar-refractivity contribution in [3.05, 3.63) is 89.5 Å². The first-order valence-electron chi connectivity index (χ1n) is 11.8. The molecule has 0 spiro atoms. The minimum atomic E-state index is -0.776. The van der Waals surface area contributed by atoms with Gasteiger partial charge in [-0.05, 0) is 55.3 Å². The fraction of sp³-hybridized carbons (Fsp3) is 0.286. The third-order valence-corrected chi connectivity index (χ3v) is 6.52. The molecule has 1 aromatic heterocycles. The number of aliphatic hydroxyl groups is 1. The van der Waals surface area contributed by atoms with Crippen LogP contribution in [-0.4, -0.2) is 39.8 Å². The molecular weight excluding hydrogens is 445 g/mol. The number of rotatable bonds is 7. The summed E-state index contributed by atoms with van der Waals surface area (Å²) >= 11 is 0. The van der Waals surface area contributed by atoms with Crippen molar-refractivity contribution in [3.8, 4) is 5.75 Å². The topological polar surface area (TPSA) is 67.6 Å². The van der Waals surface area contributed by atoms with E-state index in [0.717, 1.165) is 33.7 Å². The summed E-state index contributed by atoms with van der Waals surface area (Å²) < 4.78 is 21.7. The Bertz CT molecular complexity index is 1360. The fourth-order valence-corrected chi connectivity index (χ4v) is 4.84. The third-order valence-electron chi connectivity index (χ3n) is 6.52. The van der Waals surface area contributed by atoms with E-state index in [2.05, 4.69) is 0 Å². The summed E-state index contributed by atoms with van der Waals surface area (Å²) in [4.78, 5) is 19.3. The molecule has 0 unspecified atom stereocenters. The molecule has 2 atom stereocenters. The van der Waals surface area contributed by atoms with Crippen LogP contribution in [0.1, 0.15) is 29.3 Å².